The minimum atomic E-state index is -3.61. The molecule has 3 aromatic rings. The lowest BCUT2D eigenvalue weighted by Crippen LogP contribution is -2.36. The van der Waals surface area contributed by atoms with Gasteiger partial charge < -0.3 is 0 Å². The van der Waals surface area contributed by atoms with Crippen molar-refractivity contribution in [3.63, 3.8) is 0 Å². The fourth-order valence-electron chi connectivity index (χ4n) is 3.68. The van der Waals surface area contributed by atoms with Crippen molar-refractivity contribution >= 4 is 32.4 Å². The van der Waals surface area contributed by atoms with Gasteiger partial charge in [-0.05, 0) is 43.0 Å². The number of carbonyl (C=O) groups excluding carboxylic acids is 1. The molecule has 0 spiro atoms. The summed E-state index contributed by atoms with van der Waals surface area (Å²) in [5, 5.41) is 3.30. The standard InChI is InChI=1S/C23H25N3O3S2/c1-17-10-11-19(15-21(17)31(28,29)26-12-6-3-7-13-26)22(27)25-23-24-16-20(30-23)14-18-8-4-2-5-9-18/h2,4-5,8-11,15-16H,3,6-7,12-14H2,1H3,(H,24,25,27). The number of hydrogen-bond acceptors (Lipinski definition) is 5. The summed E-state index contributed by atoms with van der Waals surface area (Å²) in [5.41, 5.74) is 2.12. The molecular weight excluding hydrogens is 430 g/mol. The van der Waals surface area contributed by atoms with Crippen molar-refractivity contribution in [2.24, 2.45) is 0 Å². The number of thiazole rings is 1. The van der Waals surface area contributed by atoms with Crippen LogP contribution < -0.4 is 5.32 Å². The molecule has 2 aromatic carbocycles. The van der Waals surface area contributed by atoms with E-state index in [0.29, 0.717) is 29.3 Å². The third kappa shape index (κ3) is 5.03. The predicted octanol–water partition coefficient (Wildman–Crippen LogP) is 4.47. The molecular formula is C23H25N3O3S2. The molecule has 0 bridgehead atoms. The lowest BCUT2D eigenvalue weighted by molar-refractivity contribution is 0.102. The highest BCUT2D eigenvalue weighted by atomic mass is 32.2. The maximum Gasteiger partial charge on any atom is 0.257 e. The van der Waals surface area contributed by atoms with Crippen LogP contribution in [0.5, 0.6) is 0 Å². The minimum absolute atomic E-state index is 0.200. The summed E-state index contributed by atoms with van der Waals surface area (Å²) in [6.45, 7) is 2.82. The number of hydrogen-bond donors (Lipinski definition) is 1. The number of benzene rings is 2. The summed E-state index contributed by atoms with van der Waals surface area (Å²) < 4.78 is 27.7. The van der Waals surface area contributed by atoms with Crippen LogP contribution in [0.4, 0.5) is 5.13 Å². The van der Waals surface area contributed by atoms with Gasteiger partial charge >= 0.3 is 0 Å². The van der Waals surface area contributed by atoms with E-state index in [-0.39, 0.29) is 10.8 Å². The van der Waals surface area contributed by atoms with Crippen molar-refractivity contribution in [3.8, 4) is 0 Å². The number of aryl methyl sites for hydroxylation is 1. The van der Waals surface area contributed by atoms with Gasteiger partial charge in [-0.25, -0.2) is 13.4 Å². The number of carbonyl (C=O) groups is 1. The van der Waals surface area contributed by atoms with Crippen LogP contribution in [0, 0.1) is 6.92 Å². The lowest BCUT2D eigenvalue weighted by Gasteiger charge is -2.26. The maximum atomic E-state index is 13.1. The minimum Gasteiger partial charge on any atom is -0.298 e. The average Bonchev–Trinajstić information content (AvgIpc) is 3.21. The first-order valence-corrected chi connectivity index (χ1v) is 12.6. The summed E-state index contributed by atoms with van der Waals surface area (Å²) in [4.78, 5) is 18.3. The van der Waals surface area contributed by atoms with Gasteiger partial charge in [-0.15, -0.1) is 11.3 Å². The van der Waals surface area contributed by atoms with Gasteiger partial charge in [0.2, 0.25) is 10.0 Å². The topological polar surface area (TPSA) is 79.4 Å². The third-order valence-corrected chi connectivity index (χ3v) is 8.33. The van der Waals surface area contributed by atoms with Crippen LogP contribution in [-0.4, -0.2) is 36.7 Å². The SMILES string of the molecule is Cc1ccc(C(=O)Nc2ncc(Cc3ccccc3)s2)cc1S(=O)(=O)N1CCCCC1. The number of anilines is 1. The molecule has 2 heterocycles. The molecule has 1 saturated heterocycles. The fraction of sp³-hybridized carbons (Fsp3) is 0.304. The predicted molar refractivity (Wildman–Crippen MR) is 123 cm³/mol. The first kappa shape index (κ1) is 21.7. The van der Waals surface area contributed by atoms with E-state index < -0.39 is 10.0 Å². The Labute approximate surface area is 187 Å². The smallest absolute Gasteiger partial charge is 0.257 e. The molecule has 0 atom stereocenters. The molecule has 4 rings (SSSR count). The fourth-order valence-corrected chi connectivity index (χ4v) is 6.29. The highest BCUT2D eigenvalue weighted by Crippen LogP contribution is 2.26. The number of amides is 1. The zero-order valence-corrected chi connectivity index (χ0v) is 19.0. The zero-order valence-electron chi connectivity index (χ0n) is 17.4. The Kier molecular flexibility index (Phi) is 6.50. The Morgan fingerprint density at radius 2 is 1.84 bits per heavy atom. The molecule has 31 heavy (non-hydrogen) atoms. The summed E-state index contributed by atoms with van der Waals surface area (Å²) in [6.07, 6.45) is 5.29. The van der Waals surface area contributed by atoms with Crippen LogP contribution in [0.2, 0.25) is 0 Å². The number of sulfonamides is 1. The van der Waals surface area contributed by atoms with Crippen molar-refractivity contribution in [1.82, 2.24) is 9.29 Å². The van der Waals surface area contributed by atoms with Crippen LogP contribution in [0.25, 0.3) is 0 Å². The molecule has 6 nitrogen and oxygen atoms in total. The number of piperidine rings is 1. The number of nitrogens with zero attached hydrogens (tertiary/aromatic N) is 2. The maximum absolute atomic E-state index is 13.1. The van der Waals surface area contributed by atoms with E-state index in [0.717, 1.165) is 30.6 Å². The van der Waals surface area contributed by atoms with Crippen LogP contribution in [0.15, 0.2) is 59.6 Å². The summed E-state index contributed by atoms with van der Waals surface area (Å²) in [7, 11) is -3.61. The van der Waals surface area contributed by atoms with Crippen molar-refractivity contribution in [3.05, 3.63) is 76.3 Å². The highest BCUT2D eigenvalue weighted by molar-refractivity contribution is 7.89. The molecule has 0 unspecified atom stereocenters. The van der Waals surface area contributed by atoms with Gasteiger partial charge in [-0.3, -0.25) is 10.1 Å². The van der Waals surface area contributed by atoms with Gasteiger partial charge in [0, 0.05) is 36.1 Å². The van der Waals surface area contributed by atoms with Gasteiger partial charge in [-0.1, -0.05) is 42.8 Å². The Bertz CT molecular complexity index is 1170. The van der Waals surface area contributed by atoms with Crippen LogP contribution >= 0.6 is 11.3 Å². The molecule has 162 valence electrons. The summed E-state index contributed by atoms with van der Waals surface area (Å²) in [6, 6.07) is 14.9. The molecule has 0 saturated carbocycles. The lowest BCUT2D eigenvalue weighted by atomic mass is 10.1. The Morgan fingerprint density at radius 3 is 2.58 bits per heavy atom. The first-order valence-electron chi connectivity index (χ1n) is 10.3. The van der Waals surface area contributed by atoms with E-state index in [2.05, 4.69) is 22.4 Å². The monoisotopic (exact) mass is 455 g/mol. The summed E-state index contributed by atoms with van der Waals surface area (Å²) >= 11 is 1.42. The molecule has 0 aliphatic carbocycles. The second kappa shape index (κ2) is 9.30. The Balaban J connectivity index is 1.50. The molecule has 0 radical (unpaired) electrons. The number of nitrogens with one attached hydrogen (secondary N) is 1. The average molecular weight is 456 g/mol. The van der Waals surface area contributed by atoms with Crippen LogP contribution in [0.1, 0.15) is 45.6 Å². The second-order valence-corrected chi connectivity index (χ2v) is 10.7. The quantitative estimate of drug-likeness (QED) is 0.595. The van der Waals surface area contributed by atoms with Crippen molar-refractivity contribution in [1.29, 1.82) is 0 Å². The van der Waals surface area contributed by atoms with E-state index in [1.807, 2.05) is 18.2 Å². The van der Waals surface area contributed by atoms with E-state index >= 15 is 0 Å². The molecule has 1 aliphatic rings. The van der Waals surface area contributed by atoms with Gasteiger partial charge in [0.1, 0.15) is 0 Å². The molecule has 1 fully saturated rings. The highest BCUT2D eigenvalue weighted by Gasteiger charge is 2.28. The van der Waals surface area contributed by atoms with Gasteiger partial charge in [0.15, 0.2) is 5.13 Å². The first-order chi connectivity index (χ1) is 14.9. The van der Waals surface area contributed by atoms with E-state index in [9.17, 15) is 13.2 Å². The van der Waals surface area contributed by atoms with Crippen molar-refractivity contribution in [2.75, 3.05) is 18.4 Å². The number of aromatic nitrogens is 1. The molecule has 1 N–H and O–H groups in total. The van der Waals surface area contributed by atoms with Gasteiger partial charge in [-0.2, -0.15) is 4.31 Å². The zero-order chi connectivity index (χ0) is 21.8. The van der Waals surface area contributed by atoms with Crippen LogP contribution in [-0.2, 0) is 16.4 Å². The summed E-state index contributed by atoms with van der Waals surface area (Å²) in [5.74, 6) is -0.365. The van der Waals surface area contributed by atoms with Gasteiger partial charge in [0.05, 0.1) is 4.90 Å². The van der Waals surface area contributed by atoms with Crippen molar-refractivity contribution < 1.29 is 13.2 Å². The molecule has 1 aliphatic heterocycles. The van der Waals surface area contributed by atoms with Gasteiger partial charge in [0.25, 0.3) is 5.91 Å². The van der Waals surface area contributed by atoms with E-state index in [1.165, 1.54) is 27.3 Å². The largest absolute Gasteiger partial charge is 0.298 e. The second-order valence-electron chi connectivity index (χ2n) is 7.69. The molecule has 1 aromatic heterocycles. The molecule has 1 amide bonds. The van der Waals surface area contributed by atoms with Crippen LogP contribution in [0.3, 0.4) is 0 Å². The van der Waals surface area contributed by atoms with Crippen molar-refractivity contribution in [2.45, 2.75) is 37.5 Å². The molecule has 8 heteroatoms. The normalized spacial score (nSPS) is 15.0. The van der Waals surface area contributed by atoms with E-state index in [4.69, 9.17) is 0 Å². The Morgan fingerprint density at radius 1 is 1.10 bits per heavy atom. The Hall–Kier alpha value is -2.55. The number of rotatable bonds is 6. The third-order valence-electron chi connectivity index (χ3n) is 5.38. The van der Waals surface area contributed by atoms with E-state index in [1.54, 1.807) is 25.3 Å².